The first-order chi connectivity index (χ1) is 8.86. The van der Waals surface area contributed by atoms with Crippen molar-refractivity contribution in [3.63, 3.8) is 0 Å². The smallest absolute Gasteiger partial charge is 0.378 e. The van der Waals surface area contributed by atoms with Crippen molar-refractivity contribution < 1.29 is 17.6 Å². The third-order valence-corrected chi connectivity index (χ3v) is 2.54. The van der Waals surface area contributed by atoms with Gasteiger partial charge < -0.3 is 5.32 Å². The van der Waals surface area contributed by atoms with Crippen LogP contribution in [0.5, 0.6) is 0 Å². The zero-order chi connectivity index (χ0) is 14.0. The van der Waals surface area contributed by atoms with Crippen LogP contribution in [0.1, 0.15) is 11.1 Å². The van der Waals surface area contributed by atoms with Gasteiger partial charge in [0.2, 0.25) is 0 Å². The van der Waals surface area contributed by atoms with Gasteiger partial charge in [-0.25, -0.2) is 4.39 Å². The second kappa shape index (κ2) is 4.91. The predicted molar refractivity (Wildman–Crippen MR) is 61.9 cm³/mol. The molecule has 3 nitrogen and oxygen atoms in total. The molecule has 7 heteroatoms. The second-order valence-electron chi connectivity index (χ2n) is 4.07. The highest BCUT2D eigenvalue weighted by Gasteiger charge is 2.34. The molecule has 0 fully saturated rings. The van der Waals surface area contributed by atoms with Crippen molar-refractivity contribution in [3.05, 3.63) is 47.5 Å². The van der Waals surface area contributed by atoms with Crippen molar-refractivity contribution in [2.24, 2.45) is 7.05 Å². The molecule has 2 rings (SSSR count). The topological polar surface area (TPSA) is 29.9 Å². The first kappa shape index (κ1) is 13.4. The fraction of sp³-hybridized carbons (Fsp3) is 0.250. The molecule has 1 heterocycles. The normalized spacial score (nSPS) is 11.6. The summed E-state index contributed by atoms with van der Waals surface area (Å²) in [6.45, 7) is 0.162. The van der Waals surface area contributed by atoms with Gasteiger partial charge in [0, 0.05) is 19.8 Å². The summed E-state index contributed by atoms with van der Waals surface area (Å²) in [4.78, 5) is 0. The van der Waals surface area contributed by atoms with Crippen LogP contribution in [0, 0.1) is 5.82 Å². The van der Waals surface area contributed by atoms with Gasteiger partial charge in [-0.05, 0) is 17.7 Å². The maximum absolute atomic E-state index is 13.1. The summed E-state index contributed by atoms with van der Waals surface area (Å²) in [5.41, 5.74) is -0.226. The first-order valence-electron chi connectivity index (χ1n) is 5.44. The van der Waals surface area contributed by atoms with Crippen molar-refractivity contribution in [2.45, 2.75) is 12.7 Å². The molecule has 0 aliphatic heterocycles. The molecule has 0 unspecified atom stereocenters. The van der Waals surface area contributed by atoms with E-state index in [1.807, 2.05) is 0 Å². The highest BCUT2D eigenvalue weighted by molar-refractivity contribution is 5.39. The van der Waals surface area contributed by atoms with Gasteiger partial charge in [0.1, 0.15) is 5.82 Å². The van der Waals surface area contributed by atoms with Crippen molar-refractivity contribution >= 4 is 5.69 Å². The van der Waals surface area contributed by atoms with E-state index in [9.17, 15) is 17.6 Å². The number of nitrogens with one attached hydrogen (secondary N) is 1. The minimum Gasteiger partial charge on any atom is -0.378 e. The van der Waals surface area contributed by atoms with Gasteiger partial charge in [0.25, 0.3) is 0 Å². The van der Waals surface area contributed by atoms with E-state index in [1.165, 1.54) is 6.07 Å². The van der Waals surface area contributed by atoms with Crippen LogP contribution in [-0.4, -0.2) is 9.78 Å². The van der Waals surface area contributed by atoms with E-state index >= 15 is 0 Å². The van der Waals surface area contributed by atoms with E-state index in [1.54, 1.807) is 24.1 Å². The molecule has 19 heavy (non-hydrogen) atoms. The lowest BCUT2D eigenvalue weighted by Gasteiger charge is -2.10. The Morgan fingerprint density at radius 3 is 2.63 bits per heavy atom. The maximum Gasteiger partial charge on any atom is 0.419 e. The number of hydrogen-bond donors (Lipinski definition) is 1. The molecule has 1 aromatic carbocycles. The second-order valence-corrected chi connectivity index (χ2v) is 4.07. The molecule has 0 aliphatic rings. The Kier molecular flexibility index (Phi) is 3.46. The van der Waals surface area contributed by atoms with Crippen LogP contribution in [0.25, 0.3) is 0 Å². The molecule has 0 aliphatic carbocycles. The number of hydrogen-bond acceptors (Lipinski definition) is 2. The van der Waals surface area contributed by atoms with Crippen molar-refractivity contribution in [2.75, 3.05) is 5.32 Å². The predicted octanol–water partition coefficient (Wildman–Crippen LogP) is 3.19. The molecule has 0 saturated heterocycles. The van der Waals surface area contributed by atoms with E-state index in [2.05, 4.69) is 10.4 Å². The molecule has 1 aromatic heterocycles. The van der Waals surface area contributed by atoms with Crippen LogP contribution >= 0.6 is 0 Å². The summed E-state index contributed by atoms with van der Waals surface area (Å²) in [6, 6.07) is 2.94. The largest absolute Gasteiger partial charge is 0.419 e. The molecule has 2 aromatic rings. The summed E-state index contributed by atoms with van der Waals surface area (Å²) in [5.74, 6) is -1.27. The number of aromatic nitrogens is 2. The highest BCUT2D eigenvalue weighted by atomic mass is 19.4. The Bertz CT molecular complexity index is 575. The molecule has 102 valence electrons. The average molecular weight is 273 g/mol. The highest BCUT2D eigenvalue weighted by Crippen LogP contribution is 2.31. The van der Waals surface area contributed by atoms with Crippen LogP contribution in [0.4, 0.5) is 23.2 Å². The molecular formula is C12H11F4N3. The van der Waals surface area contributed by atoms with Gasteiger partial charge in [0.05, 0.1) is 17.4 Å². The SMILES string of the molecule is Cn1cc(NCc2ccc(F)c(C(F)(F)F)c2)cn1. The summed E-state index contributed by atoms with van der Waals surface area (Å²) in [5, 5.41) is 6.82. The maximum atomic E-state index is 13.1. The molecular weight excluding hydrogens is 262 g/mol. The molecule has 0 atom stereocenters. The van der Waals surface area contributed by atoms with Crippen molar-refractivity contribution in [1.82, 2.24) is 9.78 Å². The third kappa shape index (κ3) is 3.24. The number of aryl methyl sites for hydroxylation is 1. The monoisotopic (exact) mass is 273 g/mol. The molecule has 0 saturated carbocycles. The van der Waals surface area contributed by atoms with E-state index in [0.717, 1.165) is 12.1 Å². The van der Waals surface area contributed by atoms with Crippen LogP contribution in [-0.2, 0) is 19.8 Å². The molecule has 0 spiro atoms. The Balaban J connectivity index is 2.13. The van der Waals surface area contributed by atoms with E-state index in [-0.39, 0.29) is 6.54 Å². The van der Waals surface area contributed by atoms with Crippen molar-refractivity contribution in [1.29, 1.82) is 0 Å². The lowest BCUT2D eigenvalue weighted by Crippen LogP contribution is -2.09. The Labute approximate surface area is 106 Å². The van der Waals surface area contributed by atoms with Crippen LogP contribution in [0.2, 0.25) is 0 Å². The third-order valence-electron chi connectivity index (χ3n) is 2.54. The minimum absolute atomic E-state index is 0.162. The Morgan fingerprint density at radius 2 is 2.05 bits per heavy atom. The molecule has 0 radical (unpaired) electrons. The van der Waals surface area contributed by atoms with Crippen LogP contribution in [0.15, 0.2) is 30.6 Å². The number of anilines is 1. The Hall–Kier alpha value is -2.05. The van der Waals surface area contributed by atoms with Crippen LogP contribution in [0.3, 0.4) is 0 Å². The first-order valence-corrected chi connectivity index (χ1v) is 5.44. The molecule has 0 amide bonds. The molecule has 1 N–H and O–H groups in total. The fourth-order valence-electron chi connectivity index (χ4n) is 1.62. The lowest BCUT2D eigenvalue weighted by atomic mass is 10.1. The number of rotatable bonds is 3. The number of benzene rings is 1. The summed E-state index contributed by atoms with van der Waals surface area (Å²) < 4.78 is 52.2. The summed E-state index contributed by atoms with van der Waals surface area (Å²) in [7, 11) is 1.73. The number of alkyl halides is 3. The lowest BCUT2D eigenvalue weighted by molar-refractivity contribution is -0.140. The Morgan fingerprint density at radius 1 is 1.32 bits per heavy atom. The quantitative estimate of drug-likeness (QED) is 0.870. The van der Waals surface area contributed by atoms with Gasteiger partial charge in [0.15, 0.2) is 0 Å². The average Bonchev–Trinajstić information content (AvgIpc) is 2.72. The van der Waals surface area contributed by atoms with E-state index < -0.39 is 17.6 Å². The van der Waals surface area contributed by atoms with E-state index in [4.69, 9.17) is 0 Å². The zero-order valence-corrected chi connectivity index (χ0v) is 10.0. The van der Waals surface area contributed by atoms with Crippen LogP contribution < -0.4 is 5.32 Å². The van der Waals surface area contributed by atoms with Gasteiger partial charge in [-0.1, -0.05) is 6.07 Å². The number of halogens is 4. The van der Waals surface area contributed by atoms with Gasteiger partial charge >= 0.3 is 6.18 Å². The minimum atomic E-state index is -4.69. The number of nitrogens with zero attached hydrogens (tertiary/aromatic N) is 2. The molecule has 0 bridgehead atoms. The van der Waals surface area contributed by atoms with Gasteiger partial charge in [-0.2, -0.15) is 18.3 Å². The van der Waals surface area contributed by atoms with Gasteiger partial charge in [-0.3, -0.25) is 4.68 Å². The van der Waals surface area contributed by atoms with Crippen molar-refractivity contribution in [3.8, 4) is 0 Å². The summed E-state index contributed by atoms with van der Waals surface area (Å²) >= 11 is 0. The standard InChI is InChI=1S/C12H11F4N3/c1-19-7-9(6-18-19)17-5-8-2-3-11(13)10(4-8)12(14,15)16/h2-4,6-7,17H,5H2,1H3. The fourth-order valence-corrected chi connectivity index (χ4v) is 1.62. The van der Waals surface area contributed by atoms with Gasteiger partial charge in [-0.15, -0.1) is 0 Å². The van der Waals surface area contributed by atoms with E-state index in [0.29, 0.717) is 11.3 Å². The zero-order valence-electron chi connectivity index (χ0n) is 10.0. The summed E-state index contributed by atoms with van der Waals surface area (Å²) in [6.07, 6.45) is -1.45.